The largest absolute Gasteiger partial charge is 0.387 e. The average molecular weight is 161 g/mol. The third-order valence-corrected chi connectivity index (χ3v) is 2.13. The second-order valence-corrected chi connectivity index (χ2v) is 2.95. The van der Waals surface area contributed by atoms with E-state index in [1.807, 2.05) is 0 Å². The molecular weight excluding hydrogens is 150 g/mol. The van der Waals surface area contributed by atoms with Crippen LogP contribution in [0.3, 0.4) is 0 Å². The Bertz CT molecular complexity index is 165. The fourth-order valence-corrected chi connectivity index (χ4v) is 1.46. The predicted molar refractivity (Wildman–Crippen MR) is 34.6 cm³/mol. The first-order valence-corrected chi connectivity index (χ1v) is 3.59. The van der Waals surface area contributed by atoms with Crippen molar-refractivity contribution in [2.75, 3.05) is 6.61 Å². The molecule has 0 amide bonds. The van der Waals surface area contributed by atoms with Gasteiger partial charge < -0.3 is 25.4 Å². The Labute approximate surface area is 63.7 Å². The summed E-state index contributed by atoms with van der Waals surface area (Å²) in [5.74, 6) is 0. The van der Waals surface area contributed by atoms with E-state index in [1.54, 1.807) is 0 Å². The van der Waals surface area contributed by atoms with Gasteiger partial charge in [0, 0.05) is 0 Å². The van der Waals surface area contributed by atoms with E-state index in [2.05, 4.69) is 0 Å². The van der Waals surface area contributed by atoms with Gasteiger partial charge in [-0.05, 0) is 0 Å². The molecule has 0 aromatic rings. The van der Waals surface area contributed by atoms with E-state index < -0.39 is 24.6 Å². The van der Waals surface area contributed by atoms with Crippen LogP contribution in [0.1, 0.15) is 0 Å². The molecule has 5 heteroatoms. The zero-order valence-corrected chi connectivity index (χ0v) is 5.88. The number of rotatable bonds is 0. The summed E-state index contributed by atoms with van der Waals surface area (Å²) in [7, 11) is 0. The number of ether oxygens (including phenoxy) is 2. The van der Waals surface area contributed by atoms with Gasteiger partial charge in [0.05, 0.1) is 12.6 Å². The zero-order valence-electron chi connectivity index (χ0n) is 5.88. The van der Waals surface area contributed by atoms with Crippen molar-refractivity contribution in [3.05, 3.63) is 0 Å². The lowest BCUT2D eigenvalue weighted by atomic mass is 10.1. The SMILES string of the molecule is N[C@H]1CO[C@@H]2O[C@H]1[C@H](O)[C@H]2O. The molecule has 11 heavy (non-hydrogen) atoms. The quantitative estimate of drug-likeness (QED) is 0.375. The minimum Gasteiger partial charge on any atom is -0.387 e. The van der Waals surface area contributed by atoms with Crippen molar-refractivity contribution < 1.29 is 19.7 Å². The molecule has 2 saturated heterocycles. The first-order valence-electron chi connectivity index (χ1n) is 3.59. The fourth-order valence-electron chi connectivity index (χ4n) is 1.46. The Morgan fingerprint density at radius 3 is 2.64 bits per heavy atom. The average Bonchev–Trinajstić information content (AvgIpc) is 2.24. The minimum atomic E-state index is -0.950. The van der Waals surface area contributed by atoms with Crippen LogP contribution >= 0.6 is 0 Å². The van der Waals surface area contributed by atoms with Crippen LogP contribution in [0, 0.1) is 0 Å². The molecule has 2 aliphatic heterocycles. The standard InChI is InChI=1S/C6H11NO4/c7-2-1-10-6-4(9)3(8)5(2)11-6/h2-6,8-9H,1,7H2/t2-,3+,4+,5+,6+/m0/s1. The number of nitrogens with two attached hydrogens (primary N) is 1. The van der Waals surface area contributed by atoms with Crippen LogP contribution in [0.15, 0.2) is 0 Å². The number of hydrogen-bond acceptors (Lipinski definition) is 5. The zero-order chi connectivity index (χ0) is 8.01. The van der Waals surface area contributed by atoms with E-state index in [-0.39, 0.29) is 6.04 Å². The number of aliphatic hydroxyl groups excluding tert-OH is 2. The summed E-state index contributed by atoms with van der Waals surface area (Å²) in [4.78, 5) is 0. The molecule has 64 valence electrons. The fraction of sp³-hybridized carbons (Fsp3) is 1.00. The topological polar surface area (TPSA) is 84.9 Å². The predicted octanol–water partition coefficient (Wildman–Crippen LogP) is -2.21. The van der Waals surface area contributed by atoms with Gasteiger partial charge in [-0.3, -0.25) is 0 Å². The molecule has 0 spiro atoms. The smallest absolute Gasteiger partial charge is 0.186 e. The number of hydrogen-bond donors (Lipinski definition) is 3. The first kappa shape index (κ1) is 7.45. The van der Waals surface area contributed by atoms with Gasteiger partial charge in [-0.1, -0.05) is 0 Å². The van der Waals surface area contributed by atoms with E-state index in [4.69, 9.17) is 15.2 Å². The summed E-state index contributed by atoms with van der Waals surface area (Å²) in [5, 5.41) is 18.5. The molecule has 2 heterocycles. The molecule has 0 saturated carbocycles. The van der Waals surface area contributed by atoms with Gasteiger partial charge in [0.25, 0.3) is 0 Å². The molecule has 0 aromatic heterocycles. The molecule has 0 aromatic carbocycles. The summed E-state index contributed by atoms with van der Waals surface area (Å²) < 4.78 is 10.1. The summed E-state index contributed by atoms with van der Waals surface area (Å²) in [6, 6.07) is -0.335. The van der Waals surface area contributed by atoms with Crippen molar-refractivity contribution in [1.29, 1.82) is 0 Å². The van der Waals surface area contributed by atoms with Crippen LogP contribution in [0.4, 0.5) is 0 Å². The maximum absolute atomic E-state index is 9.30. The third kappa shape index (κ3) is 0.969. The van der Waals surface area contributed by atoms with E-state index in [9.17, 15) is 10.2 Å². The van der Waals surface area contributed by atoms with E-state index in [0.717, 1.165) is 0 Å². The molecule has 2 fully saturated rings. The molecule has 0 aliphatic carbocycles. The van der Waals surface area contributed by atoms with E-state index in [1.165, 1.54) is 0 Å². The number of fused-ring (bicyclic) bond motifs is 2. The van der Waals surface area contributed by atoms with Crippen molar-refractivity contribution in [3.8, 4) is 0 Å². The molecule has 5 atom stereocenters. The van der Waals surface area contributed by atoms with Crippen molar-refractivity contribution in [2.45, 2.75) is 30.6 Å². The van der Waals surface area contributed by atoms with Crippen LogP contribution in [0.5, 0.6) is 0 Å². The van der Waals surface area contributed by atoms with Crippen LogP contribution in [0.25, 0.3) is 0 Å². The summed E-state index contributed by atoms with van der Waals surface area (Å²) in [6.07, 6.45) is -3.01. The van der Waals surface area contributed by atoms with Gasteiger partial charge >= 0.3 is 0 Å². The molecule has 2 rings (SSSR count). The Hall–Kier alpha value is -0.200. The van der Waals surface area contributed by atoms with Gasteiger partial charge in [-0.2, -0.15) is 0 Å². The highest BCUT2D eigenvalue weighted by Gasteiger charge is 2.49. The van der Waals surface area contributed by atoms with E-state index >= 15 is 0 Å². The van der Waals surface area contributed by atoms with Crippen molar-refractivity contribution in [3.63, 3.8) is 0 Å². The van der Waals surface area contributed by atoms with Crippen molar-refractivity contribution in [1.82, 2.24) is 0 Å². The lowest BCUT2D eigenvalue weighted by Crippen LogP contribution is -2.47. The molecule has 0 radical (unpaired) electrons. The second kappa shape index (κ2) is 2.40. The van der Waals surface area contributed by atoms with Crippen LogP contribution in [0.2, 0.25) is 0 Å². The molecule has 0 unspecified atom stereocenters. The lowest BCUT2D eigenvalue weighted by Gasteiger charge is -2.26. The Balaban J connectivity index is 2.16. The maximum atomic E-state index is 9.30. The van der Waals surface area contributed by atoms with Gasteiger partial charge in [0.2, 0.25) is 0 Å². The molecule has 4 N–H and O–H groups in total. The van der Waals surface area contributed by atoms with Gasteiger partial charge in [0.15, 0.2) is 6.29 Å². The molecule has 5 nitrogen and oxygen atoms in total. The van der Waals surface area contributed by atoms with Gasteiger partial charge in [-0.25, -0.2) is 0 Å². The highest BCUT2D eigenvalue weighted by atomic mass is 16.7. The minimum absolute atomic E-state index is 0.335. The highest BCUT2D eigenvalue weighted by Crippen LogP contribution is 2.27. The Kier molecular flexibility index (Phi) is 1.62. The van der Waals surface area contributed by atoms with Crippen molar-refractivity contribution in [2.24, 2.45) is 5.73 Å². The summed E-state index contributed by atoms with van der Waals surface area (Å²) in [6.45, 7) is 0.337. The Morgan fingerprint density at radius 2 is 2.00 bits per heavy atom. The Morgan fingerprint density at radius 1 is 1.27 bits per heavy atom. The third-order valence-electron chi connectivity index (χ3n) is 2.13. The molecular formula is C6H11NO4. The number of aliphatic hydroxyl groups is 2. The molecule has 2 bridgehead atoms. The van der Waals surface area contributed by atoms with Crippen LogP contribution in [-0.2, 0) is 9.47 Å². The van der Waals surface area contributed by atoms with E-state index in [0.29, 0.717) is 6.61 Å². The summed E-state index contributed by atoms with van der Waals surface area (Å²) in [5.41, 5.74) is 5.55. The normalized spacial score (nSPS) is 56.5. The maximum Gasteiger partial charge on any atom is 0.186 e. The van der Waals surface area contributed by atoms with Gasteiger partial charge in [-0.15, -0.1) is 0 Å². The monoisotopic (exact) mass is 161 g/mol. The van der Waals surface area contributed by atoms with Crippen LogP contribution < -0.4 is 5.73 Å². The van der Waals surface area contributed by atoms with Gasteiger partial charge in [0.1, 0.15) is 18.3 Å². The lowest BCUT2D eigenvalue weighted by molar-refractivity contribution is -0.203. The first-order chi connectivity index (χ1) is 5.20. The second-order valence-electron chi connectivity index (χ2n) is 2.95. The van der Waals surface area contributed by atoms with Crippen molar-refractivity contribution >= 4 is 0 Å². The summed E-state index contributed by atoms with van der Waals surface area (Å²) >= 11 is 0. The van der Waals surface area contributed by atoms with Crippen LogP contribution in [-0.4, -0.2) is 47.5 Å². The highest BCUT2D eigenvalue weighted by molar-refractivity contribution is 4.95. The molecule has 2 aliphatic rings.